The highest BCUT2D eigenvalue weighted by Crippen LogP contribution is 2.26. The zero-order valence-corrected chi connectivity index (χ0v) is 15.7. The SMILES string of the molecule is C/C=C\[C@H]1C[C@H](NCC(C)C)CC[C@@H]1NC(=O)OCc1ccccc1. The van der Waals surface area contributed by atoms with Crippen LogP contribution in [-0.2, 0) is 11.3 Å². The van der Waals surface area contributed by atoms with Crippen LogP contribution in [0.25, 0.3) is 0 Å². The van der Waals surface area contributed by atoms with Gasteiger partial charge in [0, 0.05) is 12.1 Å². The molecule has 0 unspecified atom stereocenters. The molecule has 25 heavy (non-hydrogen) atoms. The molecule has 1 aromatic rings. The Morgan fingerprint density at radius 2 is 2.04 bits per heavy atom. The van der Waals surface area contributed by atoms with E-state index in [1.54, 1.807) is 0 Å². The summed E-state index contributed by atoms with van der Waals surface area (Å²) in [5.74, 6) is 1.01. The van der Waals surface area contributed by atoms with E-state index in [0.29, 0.717) is 24.5 Å². The Hall–Kier alpha value is -1.81. The summed E-state index contributed by atoms with van der Waals surface area (Å²) in [6.07, 6.45) is 7.10. The fourth-order valence-corrected chi connectivity index (χ4v) is 3.35. The molecule has 2 rings (SSSR count). The molecular formula is C21H32N2O2. The maximum Gasteiger partial charge on any atom is 0.407 e. The first-order chi connectivity index (χ1) is 12.1. The third-order valence-electron chi connectivity index (χ3n) is 4.67. The van der Waals surface area contributed by atoms with Crippen molar-refractivity contribution >= 4 is 6.09 Å². The number of carbonyl (C=O) groups excluding carboxylic acids is 1. The molecule has 0 saturated heterocycles. The molecule has 4 nitrogen and oxygen atoms in total. The predicted octanol–water partition coefficient (Wildman–Crippen LogP) is 4.27. The van der Waals surface area contributed by atoms with Gasteiger partial charge in [0.2, 0.25) is 0 Å². The van der Waals surface area contributed by atoms with Gasteiger partial charge in [-0.25, -0.2) is 4.79 Å². The van der Waals surface area contributed by atoms with Crippen molar-refractivity contribution < 1.29 is 9.53 Å². The van der Waals surface area contributed by atoms with Crippen LogP contribution in [0.15, 0.2) is 42.5 Å². The van der Waals surface area contributed by atoms with Gasteiger partial charge in [0.05, 0.1) is 0 Å². The smallest absolute Gasteiger partial charge is 0.407 e. The number of hydrogen-bond acceptors (Lipinski definition) is 3. The number of carbonyl (C=O) groups is 1. The lowest BCUT2D eigenvalue weighted by atomic mass is 9.81. The molecule has 2 N–H and O–H groups in total. The summed E-state index contributed by atoms with van der Waals surface area (Å²) in [6.45, 7) is 7.85. The summed E-state index contributed by atoms with van der Waals surface area (Å²) >= 11 is 0. The summed E-state index contributed by atoms with van der Waals surface area (Å²) in [5.41, 5.74) is 1.00. The Bertz CT molecular complexity index is 542. The molecule has 3 atom stereocenters. The molecule has 0 heterocycles. The third-order valence-corrected chi connectivity index (χ3v) is 4.67. The number of allylic oxidation sites excluding steroid dienone is 1. The highest BCUT2D eigenvalue weighted by Gasteiger charge is 2.30. The first kappa shape index (κ1) is 19.5. The Balaban J connectivity index is 1.82. The van der Waals surface area contributed by atoms with Crippen molar-refractivity contribution in [2.24, 2.45) is 11.8 Å². The van der Waals surface area contributed by atoms with Crippen LogP contribution < -0.4 is 10.6 Å². The van der Waals surface area contributed by atoms with E-state index < -0.39 is 0 Å². The fraction of sp³-hybridized carbons (Fsp3) is 0.571. The van der Waals surface area contributed by atoms with Gasteiger partial charge in [-0.3, -0.25) is 0 Å². The van der Waals surface area contributed by atoms with Crippen molar-refractivity contribution in [1.29, 1.82) is 0 Å². The molecule has 1 aliphatic carbocycles. The van der Waals surface area contributed by atoms with E-state index in [1.807, 2.05) is 37.3 Å². The largest absolute Gasteiger partial charge is 0.445 e. The van der Waals surface area contributed by atoms with Crippen molar-refractivity contribution in [1.82, 2.24) is 10.6 Å². The van der Waals surface area contributed by atoms with Crippen LogP contribution in [0.5, 0.6) is 0 Å². The first-order valence-corrected chi connectivity index (χ1v) is 9.42. The van der Waals surface area contributed by atoms with Crippen molar-refractivity contribution in [3.63, 3.8) is 0 Å². The molecule has 0 aromatic heterocycles. The minimum Gasteiger partial charge on any atom is -0.445 e. The van der Waals surface area contributed by atoms with Gasteiger partial charge in [0.1, 0.15) is 6.61 Å². The molecule has 1 aliphatic rings. The summed E-state index contributed by atoms with van der Waals surface area (Å²) in [6, 6.07) is 10.5. The van der Waals surface area contributed by atoms with Gasteiger partial charge < -0.3 is 15.4 Å². The van der Waals surface area contributed by atoms with Crippen LogP contribution in [0.2, 0.25) is 0 Å². The molecule has 1 fully saturated rings. The first-order valence-electron chi connectivity index (χ1n) is 9.42. The van der Waals surface area contributed by atoms with Gasteiger partial charge in [-0.05, 0) is 50.1 Å². The predicted molar refractivity (Wildman–Crippen MR) is 102 cm³/mol. The zero-order chi connectivity index (χ0) is 18.1. The monoisotopic (exact) mass is 344 g/mol. The summed E-state index contributed by atoms with van der Waals surface area (Å²) < 4.78 is 5.37. The number of alkyl carbamates (subject to hydrolysis) is 1. The average molecular weight is 344 g/mol. The van der Waals surface area contributed by atoms with Crippen LogP contribution in [0, 0.1) is 11.8 Å². The molecule has 1 saturated carbocycles. The zero-order valence-electron chi connectivity index (χ0n) is 15.7. The molecule has 1 aromatic carbocycles. The second kappa shape index (κ2) is 10.2. The molecule has 1 amide bonds. The van der Waals surface area contributed by atoms with E-state index in [9.17, 15) is 4.79 Å². The van der Waals surface area contributed by atoms with Crippen molar-refractivity contribution in [2.45, 2.75) is 58.7 Å². The van der Waals surface area contributed by atoms with Gasteiger partial charge >= 0.3 is 6.09 Å². The normalized spacial score (nSPS) is 23.8. The van der Waals surface area contributed by atoms with Crippen molar-refractivity contribution in [2.75, 3.05) is 6.54 Å². The fourth-order valence-electron chi connectivity index (χ4n) is 3.35. The van der Waals surface area contributed by atoms with Crippen LogP contribution >= 0.6 is 0 Å². The number of ether oxygens (including phenoxy) is 1. The van der Waals surface area contributed by atoms with Crippen LogP contribution in [0.3, 0.4) is 0 Å². The topological polar surface area (TPSA) is 50.4 Å². The van der Waals surface area contributed by atoms with Crippen LogP contribution in [0.4, 0.5) is 4.79 Å². The van der Waals surface area contributed by atoms with Gasteiger partial charge in [0.25, 0.3) is 0 Å². The van der Waals surface area contributed by atoms with E-state index in [1.165, 1.54) is 0 Å². The third kappa shape index (κ3) is 6.91. The van der Waals surface area contributed by atoms with Crippen LogP contribution in [0.1, 0.15) is 45.6 Å². The Morgan fingerprint density at radius 1 is 1.28 bits per heavy atom. The minimum atomic E-state index is -0.322. The lowest BCUT2D eigenvalue weighted by molar-refractivity contribution is 0.127. The maximum absolute atomic E-state index is 12.2. The van der Waals surface area contributed by atoms with E-state index >= 15 is 0 Å². The Labute approximate surface area is 152 Å². The average Bonchev–Trinajstić information content (AvgIpc) is 2.61. The van der Waals surface area contributed by atoms with Gasteiger partial charge in [0.15, 0.2) is 0 Å². The lowest BCUT2D eigenvalue weighted by Gasteiger charge is -2.35. The Morgan fingerprint density at radius 3 is 2.72 bits per heavy atom. The molecule has 0 aliphatic heterocycles. The quantitative estimate of drug-likeness (QED) is 0.726. The molecule has 138 valence electrons. The van der Waals surface area contributed by atoms with Gasteiger partial charge in [-0.1, -0.05) is 56.3 Å². The highest BCUT2D eigenvalue weighted by atomic mass is 16.5. The number of rotatable bonds is 7. The van der Waals surface area contributed by atoms with Crippen molar-refractivity contribution in [3.8, 4) is 0 Å². The number of hydrogen-bond donors (Lipinski definition) is 2. The standard InChI is InChI=1S/C21H32N2O2/c1-4-8-18-13-19(22-14-16(2)3)11-12-20(18)23-21(24)25-15-17-9-6-5-7-10-17/h4-10,16,18-20,22H,11-15H2,1-3H3,(H,23,24)/b8-4-/t18-,19+,20-/m0/s1. The molecule has 0 radical (unpaired) electrons. The van der Waals surface area contributed by atoms with Gasteiger partial charge in [-0.2, -0.15) is 0 Å². The summed E-state index contributed by atoms with van der Waals surface area (Å²) in [4.78, 5) is 12.2. The number of nitrogens with one attached hydrogen (secondary N) is 2. The minimum absolute atomic E-state index is 0.150. The maximum atomic E-state index is 12.2. The second-order valence-electron chi connectivity index (χ2n) is 7.31. The van der Waals surface area contributed by atoms with Crippen LogP contribution in [-0.4, -0.2) is 24.7 Å². The second-order valence-corrected chi connectivity index (χ2v) is 7.31. The van der Waals surface area contributed by atoms with Gasteiger partial charge in [-0.15, -0.1) is 0 Å². The summed E-state index contributed by atoms with van der Waals surface area (Å²) in [5, 5.41) is 6.72. The number of benzene rings is 1. The summed E-state index contributed by atoms with van der Waals surface area (Å²) in [7, 11) is 0. The van der Waals surface area contributed by atoms with E-state index in [4.69, 9.17) is 4.74 Å². The Kier molecular flexibility index (Phi) is 7.99. The van der Waals surface area contributed by atoms with Crippen molar-refractivity contribution in [3.05, 3.63) is 48.0 Å². The molecule has 0 bridgehead atoms. The van der Waals surface area contributed by atoms with E-state index in [2.05, 4.69) is 36.6 Å². The highest BCUT2D eigenvalue weighted by molar-refractivity contribution is 5.67. The molecule has 4 heteroatoms. The number of amides is 1. The molecule has 0 spiro atoms. The van der Waals surface area contributed by atoms with E-state index in [-0.39, 0.29) is 12.1 Å². The lowest BCUT2D eigenvalue weighted by Crippen LogP contribution is -2.47. The molecular weight excluding hydrogens is 312 g/mol. The van der Waals surface area contributed by atoms with E-state index in [0.717, 1.165) is 31.4 Å².